The molecule has 0 unspecified atom stereocenters. The van der Waals surface area contributed by atoms with Crippen LogP contribution in [0, 0.1) is 12.8 Å². The van der Waals surface area contributed by atoms with Crippen LogP contribution in [0.3, 0.4) is 0 Å². The minimum absolute atomic E-state index is 0.299. The fourth-order valence-corrected chi connectivity index (χ4v) is 2.46. The number of aromatic amines is 1. The molecule has 1 aliphatic heterocycles. The monoisotopic (exact) mass is 271 g/mol. The van der Waals surface area contributed by atoms with Crippen LogP contribution < -0.4 is 4.74 Å². The normalized spacial score (nSPS) is 14.9. The van der Waals surface area contributed by atoms with Crippen LogP contribution in [0.4, 0.5) is 4.79 Å². The second-order valence-electron chi connectivity index (χ2n) is 5.20. The van der Waals surface area contributed by atoms with Crippen molar-refractivity contribution in [1.82, 2.24) is 15.1 Å². The molecule has 0 saturated carbocycles. The van der Waals surface area contributed by atoms with Gasteiger partial charge in [-0.25, -0.2) is 4.79 Å². The lowest BCUT2D eigenvalue weighted by Gasteiger charge is -2.38. The van der Waals surface area contributed by atoms with E-state index in [1.54, 1.807) is 11.1 Å². The van der Waals surface area contributed by atoms with Crippen LogP contribution in [0.15, 0.2) is 36.7 Å². The lowest BCUT2D eigenvalue weighted by molar-refractivity contribution is 0.0874. The maximum absolute atomic E-state index is 11.8. The summed E-state index contributed by atoms with van der Waals surface area (Å²) in [6.07, 6.45) is 3.76. The number of aryl methyl sites for hydroxylation is 1. The van der Waals surface area contributed by atoms with Crippen molar-refractivity contribution < 1.29 is 9.53 Å². The van der Waals surface area contributed by atoms with Crippen molar-refractivity contribution >= 4 is 6.09 Å². The highest BCUT2D eigenvalue weighted by molar-refractivity contribution is 5.71. The highest BCUT2D eigenvalue weighted by atomic mass is 16.6. The standard InChI is InChI=1S/C15H17N3O2/c1-11-4-2-3-5-13(11)6-12-9-18(10-12)15(19)20-14-7-16-17-8-14/h2-5,7-8,12H,6,9-10H2,1H3,(H,16,17). The number of nitrogens with zero attached hydrogens (tertiary/aromatic N) is 2. The lowest BCUT2D eigenvalue weighted by Crippen LogP contribution is -2.51. The SMILES string of the molecule is Cc1ccccc1CC1CN(C(=O)Oc2cn[nH]c2)C1. The number of aromatic nitrogens is 2. The maximum Gasteiger partial charge on any atom is 0.415 e. The molecule has 5 heteroatoms. The smallest absolute Gasteiger partial charge is 0.407 e. The third kappa shape index (κ3) is 2.66. The number of hydrogen-bond acceptors (Lipinski definition) is 3. The zero-order valence-corrected chi connectivity index (χ0v) is 11.4. The summed E-state index contributed by atoms with van der Waals surface area (Å²) in [6.45, 7) is 3.63. The minimum Gasteiger partial charge on any atom is -0.407 e. The van der Waals surface area contributed by atoms with Gasteiger partial charge in [-0.05, 0) is 30.4 Å². The van der Waals surface area contributed by atoms with Crippen LogP contribution in [-0.4, -0.2) is 34.3 Å². The number of benzene rings is 1. The lowest BCUT2D eigenvalue weighted by atomic mass is 9.91. The van der Waals surface area contributed by atoms with Gasteiger partial charge in [-0.3, -0.25) is 5.10 Å². The first-order chi connectivity index (χ1) is 9.72. The van der Waals surface area contributed by atoms with Crippen LogP contribution >= 0.6 is 0 Å². The molecule has 1 aromatic carbocycles. The van der Waals surface area contributed by atoms with Gasteiger partial charge in [0.1, 0.15) is 0 Å². The van der Waals surface area contributed by atoms with Gasteiger partial charge in [0, 0.05) is 13.1 Å². The maximum atomic E-state index is 11.8. The molecule has 3 rings (SSSR count). The van der Waals surface area contributed by atoms with E-state index in [0.29, 0.717) is 11.7 Å². The topological polar surface area (TPSA) is 58.2 Å². The molecule has 1 saturated heterocycles. The van der Waals surface area contributed by atoms with Gasteiger partial charge in [0.15, 0.2) is 5.75 Å². The molecule has 0 aliphatic carbocycles. The molecule has 5 nitrogen and oxygen atoms in total. The molecule has 1 aromatic heterocycles. The summed E-state index contributed by atoms with van der Waals surface area (Å²) < 4.78 is 5.17. The number of nitrogens with one attached hydrogen (secondary N) is 1. The van der Waals surface area contributed by atoms with Gasteiger partial charge in [0.2, 0.25) is 0 Å². The predicted molar refractivity (Wildman–Crippen MR) is 74.6 cm³/mol. The number of H-pyrrole nitrogens is 1. The summed E-state index contributed by atoms with van der Waals surface area (Å²) in [4.78, 5) is 13.5. The number of carbonyl (C=O) groups excluding carboxylic acids is 1. The number of likely N-dealkylation sites (tertiary alicyclic amines) is 1. The summed E-state index contributed by atoms with van der Waals surface area (Å²) in [7, 11) is 0. The summed E-state index contributed by atoms with van der Waals surface area (Å²) >= 11 is 0. The first kappa shape index (κ1) is 12.7. The van der Waals surface area contributed by atoms with E-state index in [4.69, 9.17) is 4.74 Å². The Labute approximate surface area is 117 Å². The van der Waals surface area contributed by atoms with Gasteiger partial charge in [-0.15, -0.1) is 0 Å². The van der Waals surface area contributed by atoms with Crippen LogP contribution in [0.2, 0.25) is 0 Å². The molecule has 1 aliphatic rings. The average Bonchev–Trinajstić information content (AvgIpc) is 2.88. The van der Waals surface area contributed by atoms with Crippen LogP contribution in [0.1, 0.15) is 11.1 Å². The van der Waals surface area contributed by atoms with Crippen molar-refractivity contribution in [3.05, 3.63) is 47.8 Å². The van der Waals surface area contributed by atoms with Crippen LogP contribution in [-0.2, 0) is 6.42 Å². The third-order valence-corrected chi connectivity index (χ3v) is 3.66. The van der Waals surface area contributed by atoms with E-state index >= 15 is 0 Å². The molecule has 20 heavy (non-hydrogen) atoms. The molecule has 0 spiro atoms. The van der Waals surface area contributed by atoms with Crippen molar-refractivity contribution in [3.63, 3.8) is 0 Å². The van der Waals surface area contributed by atoms with Crippen molar-refractivity contribution in [1.29, 1.82) is 0 Å². The summed E-state index contributed by atoms with van der Waals surface area (Å²) in [6, 6.07) is 8.39. The van der Waals surface area contributed by atoms with E-state index in [1.807, 2.05) is 6.07 Å². The Balaban J connectivity index is 1.49. The molecule has 1 N–H and O–H groups in total. The van der Waals surface area contributed by atoms with E-state index in [1.165, 1.54) is 17.3 Å². The predicted octanol–water partition coefficient (Wildman–Crippen LogP) is 2.39. The van der Waals surface area contributed by atoms with Crippen molar-refractivity contribution in [2.75, 3.05) is 13.1 Å². The average molecular weight is 271 g/mol. The Hall–Kier alpha value is -2.30. The van der Waals surface area contributed by atoms with Gasteiger partial charge in [-0.1, -0.05) is 24.3 Å². The number of ether oxygens (including phenoxy) is 1. The molecule has 2 heterocycles. The Morgan fingerprint density at radius 3 is 2.95 bits per heavy atom. The molecule has 2 aromatic rings. The zero-order chi connectivity index (χ0) is 13.9. The van der Waals surface area contributed by atoms with E-state index in [0.717, 1.165) is 19.5 Å². The Kier molecular flexibility index (Phi) is 3.41. The van der Waals surface area contributed by atoms with Gasteiger partial charge >= 0.3 is 6.09 Å². The van der Waals surface area contributed by atoms with E-state index in [9.17, 15) is 4.79 Å². The molecule has 1 amide bonds. The Morgan fingerprint density at radius 1 is 1.45 bits per heavy atom. The van der Waals surface area contributed by atoms with Crippen molar-refractivity contribution in [2.24, 2.45) is 5.92 Å². The van der Waals surface area contributed by atoms with Crippen molar-refractivity contribution in [3.8, 4) is 5.75 Å². The first-order valence-electron chi connectivity index (χ1n) is 6.72. The molecule has 1 fully saturated rings. The number of carbonyl (C=O) groups is 1. The third-order valence-electron chi connectivity index (χ3n) is 3.66. The molecule has 0 atom stereocenters. The Morgan fingerprint density at radius 2 is 2.25 bits per heavy atom. The fourth-order valence-electron chi connectivity index (χ4n) is 2.46. The van der Waals surface area contributed by atoms with Gasteiger partial charge < -0.3 is 9.64 Å². The van der Waals surface area contributed by atoms with Crippen LogP contribution in [0.5, 0.6) is 5.75 Å². The van der Waals surface area contributed by atoms with E-state index in [2.05, 4.69) is 35.3 Å². The van der Waals surface area contributed by atoms with Gasteiger partial charge in [0.05, 0.1) is 12.4 Å². The van der Waals surface area contributed by atoms with Gasteiger partial charge in [0.25, 0.3) is 0 Å². The molecular weight excluding hydrogens is 254 g/mol. The summed E-state index contributed by atoms with van der Waals surface area (Å²) in [5.41, 5.74) is 2.67. The first-order valence-corrected chi connectivity index (χ1v) is 6.72. The highest BCUT2D eigenvalue weighted by Crippen LogP contribution is 2.23. The Bertz CT molecular complexity index is 589. The highest BCUT2D eigenvalue weighted by Gasteiger charge is 2.32. The summed E-state index contributed by atoms with van der Waals surface area (Å²) in [5.74, 6) is 0.977. The number of hydrogen-bond donors (Lipinski definition) is 1. The molecular formula is C15H17N3O2. The second-order valence-corrected chi connectivity index (χ2v) is 5.20. The van der Waals surface area contributed by atoms with E-state index < -0.39 is 0 Å². The quantitative estimate of drug-likeness (QED) is 0.932. The fraction of sp³-hybridized carbons (Fsp3) is 0.333. The van der Waals surface area contributed by atoms with Gasteiger partial charge in [-0.2, -0.15) is 5.10 Å². The van der Waals surface area contributed by atoms with Crippen LogP contribution in [0.25, 0.3) is 0 Å². The zero-order valence-electron chi connectivity index (χ0n) is 11.4. The molecule has 0 bridgehead atoms. The molecule has 104 valence electrons. The summed E-state index contributed by atoms with van der Waals surface area (Å²) in [5, 5.41) is 6.35. The molecule has 0 radical (unpaired) electrons. The largest absolute Gasteiger partial charge is 0.415 e. The second kappa shape index (κ2) is 5.36. The van der Waals surface area contributed by atoms with E-state index in [-0.39, 0.29) is 6.09 Å². The van der Waals surface area contributed by atoms with Crippen molar-refractivity contribution in [2.45, 2.75) is 13.3 Å². The minimum atomic E-state index is -0.299. The number of amides is 1. The number of rotatable bonds is 3.